The van der Waals surface area contributed by atoms with E-state index in [-0.39, 0.29) is 35.7 Å². The zero-order valence-electron chi connectivity index (χ0n) is 12.1. The fourth-order valence-corrected chi connectivity index (χ4v) is 3.54. The molecule has 2 aliphatic carbocycles. The van der Waals surface area contributed by atoms with Gasteiger partial charge in [0.05, 0.1) is 0 Å². The Balaban J connectivity index is 0.00000147. The molecule has 0 radical (unpaired) electrons. The molecule has 1 spiro atoms. The van der Waals surface area contributed by atoms with E-state index in [2.05, 4.69) is 24.3 Å². The van der Waals surface area contributed by atoms with Crippen LogP contribution in [0.25, 0.3) is 0 Å². The van der Waals surface area contributed by atoms with Gasteiger partial charge in [-0.25, -0.2) is 0 Å². The molecule has 3 atom stereocenters. The highest BCUT2D eigenvalue weighted by Gasteiger charge is 2.61. The molecule has 0 bridgehead atoms. The Morgan fingerprint density at radius 2 is 2.20 bits per heavy atom. The van der Waals surface area contributed by atoms with Gasteiger partial charge in [0, 0.05) is 31.0 Å². The average Bonchev–Trinajstić information content (AvgIpc) is 3.06. The molecule has 0 aliphatic heterocycles. The number of nitrogens with zero attached hydrogens (tertiary/aromatic N) is 1. The van der Waals surface area contributed by atoms with E-state index in [9.17, 15) is 4.79 Å². The van der Waals surface area contributed by atoms with Crippen molar-refractivity contribution in [2.75, 3.05) is 13.6 Å². The Morgan fingerprint density at radius 3 is 2.90 bits per heavy atom. The highest BCUT2D eigenvalue weighted by Crippen LogP contribution is 2.61. The molecule has 0 aromatic heterocycles. The van der Waals surface area contributed by atoms with E-state index < -0.39 is 0 Å². The fourth-order valence-electron chi connectivity index (χ4n) is 3.54. The summed E-state index contributed by atoms with van der Waals surface area (Å²) in [6.07, 6.45) is 3.27. The van der Waals surface area contributed by atoms with Crippen molar-refractivity contribution >= 4 is 18.3 Å². The number of nitrogens with two attached hydrogens (primary N) is 1. The van der Waals surface area contributed by atoms with E-state index in [1.54, 1.807) is 0 Å². The van der Waals surface area contributed by atoms with Gasteiger partial charge in [0.15, 0.2) is 0 Å². The Morgan fingerprint density at radius 1 is 1.50 bits per heavy atom. The summed E-state index contributed by atoms with van der Waals surface area (Å²) in [4.78, 5) is 14.4. The van der Waals surface area contributed by atoms with Crippen molar-refractivity contribution in [2.24, 2.45) is 11.7 Å². The zero-order valence-corrected chi connectivity index (χ0v) is 13.0. The van der Waals surface area contributed by atoms with Crippen molar-refractivity contribution in [3.8, 4) is 0 Å². The maximum Gasteiger partial charge on any atom is 0.226 e. The first-order valence-corrected chi connectivity index (χ1v) is 7.15. The number of benzene rings is 1. The number of aryl methyl sites for hydroxylation is 1. The smallest absolute Gasteiger partial charge is 0.226 e. The number of halogens is 1. The van der Waals surface area contributed by atoms with Crippen molar-refractivity contribution in [3.05, 3.63) is 35.4 Å². The summed E-state index contributed by atoms with van der Waals surface area (Å²) >= 11 is 0. The summed E-state index contributed by atoms with van der Waals surface area (Å²) in [5.41, 5.74) is 8.66. The van der Waals surface area contributed by atoms with Crippen LogP contribution in [-0.2, 0) is 16.6 Å². The molecule has 20 heavy (non-hydrogen) atoms. The van der Waals surface area contributed by atoms with Gasteiger partial charge in [-0.3, -0.25) is 4.79 Å². The second kappa shape index (κ2) is 5.38. The minimum atomic E-state index is 0. The first-order chi connectivity index (χ1) is 9.10. The topological polar surface area (TPSA) is 46.3 Å². The van der Waals surface area contributed by atoms with Gasteiger partial charge in [0.25, 0.3) is 0 Å². The average molecular weight is 295 g/mol. The van der Waals surface area contributed by atoms with E-state index in [0.717, 1.165) is 19.3 Å². The molecule has 1 amide bonds. The van der Waals surface area contributed by atoms with Crippen molar-refractivity contribution in [2.45, 2.75) is 37.6 Å². The van der Waals surface area contributed by atoms with Gasteiger partial charge in [-0.1, -0.05) is 24.3 Å². The molecule has 3 nitrogen and oxygen atoms in total. The second-order valence-corrected chi connectivity index (χ2v) is 6.10. The molecular formula is C16H23ClN2O. The quantitative estimate of drug-likeness (QED) is 0.928. The van der Waals surface area contributed by atoms with E-state index >= 15 is 0 Å². The van der Waals surface area contributed by atoms with Crippen LogP contribution in [0.4, 0.5) is 0 Å². The lowest BCUT2D eigenvalue weighted by atomic mass is 9.95. The number of rotatable bonds is 3. The summed E-state index contributed by atoms with van der Waals surface area (Å²) < 4.78 is 0. The molecular weight excluding hydrogens is 272 g/mol. The third-order valence-corrected chi connectivity index (χ3v) is 5.12. The number of fused-ring (bicyclic) bond motifs is 2. The third kappa shape index (κ3) is 2.13. The van der Waals surface area contributed by atoms with Crippen LogP contribution in [-0.4, -0.2) is 30.4 Å². The number of carbonyl (C=O) groups is 1. The van der Waals surface area contributed by atoms with Crippen LogP contribution in [0.5, 0.6) is 0 Å². The minimum Gasteiger partial charge on any atom is -0.342 e. The highest BCUT2D eigenvalue weighted by atomic mass is 35.5. The van der Waals surface area contributed by atoms with E-state index in [0.29, 0.717) is 6.54 Å². The highest BCUT2D eigenvalue weighted by molar-refractivity contribution is 5.85. The molecule has 3 rings (SSSR count). The lowest BCUT2D eigenvalue weighted by Gasteiger charge is -2.25. The fraction of sp³-hybridized carbons (Fsp3) is 0.562. The van der Waals surface area contributed by atoms with E-state index in [1.807, 2.05) is 18.9 Å². The van der Waals surface area contributed by atoms with Crippen LogP contribution in [0.3, 0.4) is 0 Å². The standard InChI is InChI=1S/C16H22N2O.ClH/c1-11(10-17)18(2)15(19)14-9-16(14)8-7-12-5-3-4-6-13(12)16;/h3-6,11,14H,7-10,17H2,1-2H3;1H. The van der Waals surface area contributed by atoms with E-state index in [1.165, 1.54) is 11.1 Å². The SMILES string of the molecule is CC(CN)N(C)C(=O)C1CC12CCc1ccccc12.Cl. The van der Waals surface area contributed by atoms with Gasteiger partial charge in [0.2, 0.25) is 5.91 Å². The lowest BCUT2D eigenvalue weighted by molar-refractivity contribution is -0.133. The number of hydrogen-bond acceptors (Lipinski definition) is 2. The van der Waals surface area contributed by atoms with Gasteiger partial charge in [-0.15, -0.1) is 12.4 Å². The lowest BCUT2D eigenvalue weighted by Crippen LogP contribution is -2.41. The molecule has 2 N–H and O–H groups in total. The Bertz CT molecular complexity index is 519. The summed E-state index contributed by atoms with van der Waals surface area (Å²) in [6, 6.07) is 8.73. The summed E-state index contributed by atoms with van der Waals surface area (Å²) in [5, 5.41) is 0. The van der Waals surface area contributed by atoms with Gasteiger partial charge in [-0.05, 0) is 37.3 Å². The second-order valence-electron chi connectivity index (χ2n) is 6.10. The molecule has 0 saturated heterocycles. The summed E-state index contributed by atoms with van der Waals surface area (Å²) in [5.74, 6) is 0.449. The molecule has 1 saturated carbocycles. The van der Waals surface area contributed by atoms with Crippen molar-refractivity contribution < 1.29 is 4.79 Å². The Kier molecular flexibility index (Phi) is 4.12. The van der Waals surface area contributed by atoms with Crippen LogP contribution < -0.4 is 5.73 Å². The number of likely N-dealkylation sites (N-methyl/N-ethyl adjacent to an activating group) is 1. The molecule has 1 aromatic carbocycles. The maximum atomic E-state index is 12.5. The van der Waals surface area contributed by atoms with Gasteiger partial charge in [-0.2, -0.15) is 0 Å². The van der Waals surface area contributed by atoms with Crippen LogP contribution in [0.1, 0.15) is 30.9 Å². The molecule has 110 valence electrons. The van der Waals surface area contributed by atoms with Gasteiger partial charge < -0.3 is 10.6 Å². The maximum absolute atomic E-state index is 12.5. The molecule has 1 aromatic rings. The van der Waals surface area contributed by atoms with Gasteiger partial charge in [0.1, 0.15) is 0 Å². The molecule has 3 unspecified atom stereocenters. The molecule has 1 fully saturated rings. The molecule has 0 heterocycles. The number of amides is 1. The monoisotopic (exact) mass is 294 g/mol. The third-order valence-electron chi connectivity index (χ3n) is 5.12. The van der Waals surface area contributed by atoms with Crippen LogP contribution in [0.15, 0.2) is 24.3 Å². The Labute approximate surface area is 126 Å². The number of carbonyl (C=O) groups excluding carboxylic acids is 1. The van der Waals surface area contributed by atoms with Crippen LogP contribution in [0, 0.1) is 5.92 Å². The zero-order chi connectivity index (χ0) is 13.6. The summed E-state index contributed by atoms with van der Waals surface area (Å²) in [7, 11) is 1.88. The van der Waals surface area contributed by atoms with Crippen molar-refractivity contribution in [1.82, 2.24) is 4.90 Å². The molecule has 2 aliphatic rings. The normalized spacial score (nSPS) is 27.6. The largest absolute Gasteiger partial charge is 0.342 e. The predicted octanol–water partition coefficient (Wildman–Crippen LogP) is 2.12. The number of hydrogen-bond donors (Lipinski definition) is 1. The van der Waals surface area contributed by atoms with Crippen molar-refractivity contribution in [3.63, 3.8) is 0 Å². The van der Waals surface area contributed by atoms with Crippen LogP contribution in [0.2, 0.25) is 0 Å². The molecule has 4 heteroatoms. The summed E-state index contributed by atoms with van der Waals surface area (Å²) in [6.45, 7) is 2.54. The van der Waals surface area contributed by atoms with Crippen LogP contribution >= 0.6 is 12.4 Å². The predicted molar refractivity (Wildman–Crippen MR) is 83.1 cm³/mol. The van der Waals surface area contributed by atoms with Crippen molar-refractivity contribution in [1.29, 1.82) is 0 Å². The first-order valence-electron chi connectivity index (χ1n) is 7.15. The van der Waals surface area contributed by atoms with Gasteiger partial charge >= 0.3 is 0 Å². The van der Waals surface area contributed by atoms with E-state index in [4.69, 9.17) is 5.73 Å². The Hall–Kier alpha value is -1.06. The minimum absolute atomic E-state index is 0. The first kappa shape index (κ1) is 15.3.